The van der Waals surface area contributed by atoms with Crippen LogP contribution in [-0.2, 0) is 11.2 Å². The highest BCUT2D eigenvalue weighted by Crippen LogP contribution is 2.29. The summed E-state index contributed by atoms with van der Waals surface area (Å²) in [5, 5.41) is 1.15. The Hall–Kier alpha value is -0.940. The summed E-state index contributed by atoms with van der Waals surface area (Å²) in [6.07, 6.45) is 5.81. The molecule has 21 heavy (non-hydrogen) atoms. The Morgan fingerprint density at radius 2 is 2.00 bits per heavy atom. The van der Waals surface area contributed by atoms with Crippen molar-refractivity contribution < 1.29 is 4.79 Å². The Morgan fingerprint density at radius 3 is 2.57 bits per heavy atom. The van der Waals surface area contributed by atoms with E-state index in [0.29, 0.717) is 6.42 Å². The summed E-state index contributed by atoms with van der Waals surface area (Å²) in [7, 11) is 1.90. The highest BCUT2D eigenvalue weighted by molar-refractivity contribution is 7.11. The Bertz CT molecular complexity index is 445. The molecule has 1 rings (SSSR count). The molecular weight excluding hydrogens is 282 g/mol. The molecule has 0 aliphatic carbocycles. The number of amides is 1. The Kier molecular flexibility index (Phi) is 7.89. The van der Waals surface area contributed by atoms with Crippen LogP contribution in [0.2, 0.25) is 0 Å². The van der Waals surface area contributed by atoms with Gasteiger partial charge in [0.25, 0.3) is 0 Å². The van der Waals surface area contributed by atoms with E-state index in [0.717, 1.165) is 49.4 Å². The average molecular weight is 311 g/mol. The van der Waals surface area contributed by atoms with Gasteiger partial charge in [0.1, 0.15) is 0 Å². The first-order valence-electron chi connectivity index (χ1n) is 7.93. The van der Waals surface area contributed by atoms with Gasteiger partial charge in [-0.2, -0.15) is 0 Å². The van der Waals surface area contributed by atoms with Gasteiger partial charge in [-0.3, -0.25) is 4.79 Å². The fraction of sp³-hybridized carbons (Fsp3) is 0.750. The molecule has 0 aliphatic heterocycles. The molecule has 0 aliphatic rings. The predicted octanol–water partition coefficient (Wildman–Crippen LogP) is 3.44. The van der Waals surface area contributed by atoms with Crippen LogP contribution in [0.25, 0.3) is 0 Å². The number of aromatic nitrogens is 1. The lowest BCUT2D eigenvalue weighted by molar-refractivity contribution is -0.131. The van der Waals surface area contributed by atoms with Gasteiger partial charge < -0.3 is 10.6 Å². The zero-order chi connectivity index (χ0) is 15.8. The molecule has 0 fully saturated rings. The molecule has 5 heteroatoms. The summed E-state index contributed by atoms with van der Waals surface area (Å²) in [6, 6.07) is 0.111. The number of hydrogen-bond acceptors (Lipinski definition) is 4. The quantitative estimate of drug-likeness (QED) is 0.711. The van der Waals surface area contributed by atoms with Crippen molar-refractivity contribution in [3.63, 3.8) is 0 Å². The average Bonchev–Trinajstić information content (AvgIpc) is 2.86. The van der Waals surface area contributed by atoms with Gasteiger partial charge in [0, 0.05) is 18.3 Å². The van der Waals surface area contributed by atoms with Crippen LogP contribution in [0, 0.1) is 6.92 Å². The van der Waals surface area contributed by atoms with Crippen molar-refractivity contribution in [2.75, 3.05) is 13.6 Å². The number of thiazole rings is 1. The van der Waals surface area contributed by atoms with Crippen molar-refractivity contribution in [3.05, 3.63) is 15.6 Å². The largest absolute Gasteiger partial charge is 0.338 e. The van der Waals surface area contributed by atoms with Crippen LogP contribution in [0.3, 0.4) is 0 Å². The van der Waals surface area contributed by atoms with E-state index < -0.39 is 0 Å². The summed E-state index contributed by atoms with van der Waals surface area (Å²) in [4.78, 5) is 19.9. The van der Waals surface area contributed by atoms with Crippen molar-refractivity contribution >= 4 is 17.2 Å². The zero-order valence-corrected chi connectivity index (χ0v) is 14.6. The molecule has 4 nitrogen and oxygen atoms in total. The summed E-state index contributed by atoms with van der Waals surface area (Å²) in [6.45, 7) is 6.98. The normalized spacial score (nSPS) is 12.4. The number of unbranched alkanes of at least 4 members (excludes halogenated alkanes) is 3. The lowest BCUT2D eigenvalue weighted by Crippen LogP contribution is -2.29. The minimum atomic E-state index is 0.111. The third-order valence-electron chi connectivity index (χ3n) is 3.88. The molecule has 120 valence electrons. The van der Waals surface area contributed by atoms with Crippen LogP contribution < -0.4 is 5.73 Å². The van der Waals surface area contributed by atoms with E-state index in [9.17, 15) is 4.79 Å². The number of nitrogens with zero attached hydrogens (tertiary/aromatic N) is 2. The molecule has 1 unspecified atom stereocenters. The van der Waals surface area contributed by atoms with Gasteiger partial charge in [-0.05, 0) is 39.7 Å². The SMILES string of the molecule is CCc1nc(C)c(C(C)N(C)C(=O)CCCCCCN)s1. The maximum atomic E-state index is 12.3. The van der Waals surface area contributed by atoms with Crippen LogP contribution in [0.15, 0.2) is 0 Å². The Morgan fingerprint density at radius 1 is 1.33 bits per heavy atom. The first-order valence-corrected chi connectivity index (χ1v) is 8.74. The van der Waals surface area contributed by atoms with Crippen molar-refractivity contribution in [1.82, 2.24) is 9.88 Å². The summed E-state index contributed by atoms with van der Waals surface area (Å²) in [5.41, 5.74) is 6.53. The van der Waals surface area contributed by atoms with E-state index in [4.69, 9.17) is 5.73 Å². The van der Waals surface area contributed by atoms with E-state index in [1.807, 2.05) is 18.9 Å². The van der Waals surface area contributed by atoms with Gasteiger partial charge >= 0.3 is 0 Å². The smallest absolute Gasteiger partial charge is 0.222 e. The van der Waals surface area contributed by atoms with Crippen LogP contribution in [0.4, 0.5) is 0 Å². The second kappa shape index (κ2) is 9.15. The minimum Gasteiger partial charge on any atom is -0.338 e. The number of rotatable bonds is 9. The minimum absolute atomic E-state index is 0.111. The summed E-state index contributed by atoms with van der Waals surface area (Å²) < 4.78 is 0. The highest BCUT2D eigenvalue weighted by Gasteiger charge is 2.21. The molecule has 2 N–H and O–H groups in total. The Labute approximate surface area is 132 Å². The number of carbonyl (C=O) groups is 1. The maximum absolute atomic E-state index is 12.3. The van der Waals surface area contributed by atoms with Crippen molar-refractivity contribution in [2.24, 2.45) is 5.73 Å². The molecular formula is C16H29N3OS. The van der Waals surface area contributed by atoms with Gasteiger partial charge in [0.05, 0.1) is 16.7 Å². The third kappa shape index (κ3) is 5.40. The lowest BCUT2D eigenvalue weighted by atomic mass is 10.1. The van der Waals surface area contributed by atoms with Gasteiger partial charge in [-0.1, -0.05) is 19.8 Å². The first-order chi connectivity index (χ1) is 10.0. The summed E-state index contributed by atoms with van der Waals surface area (Å²) >= 11 is 1.73. The molecule has 1 heterocycles. The van der Waals surface area contributed by atoms with E-state index in [1.165, 1.54) is 4.88 Å². The predicted molar refractivity (Wildman–Crippen MR) is 89.6 cm³/mol. The van der Waals surface area contributed by atoms with E-state index in [-0.39, 0.29) is 11.9 Å². The van der Waals surface area contributed by atoms with E-state index in [2.05, 4.69) is 18.8 Å². The van der Waals surface area contributed by atoms with Crippen LogP contribution >= 0.6 is 11.3 Å². The lowest BCUT2D eigenvalue weighted by Gasteiger charge is -2.24. The third-order valence-corrected chi connectivity index (χ3v) is 5.35. The fourth-order valence-electron chi connectivity index (χ4n) is 2.35. The monoisotopic (exact) mass is 311 g/mol. The van der Waals surface area contributed by atoms with Crippen molar-refractivity contribution in [1.29, 1.82) is 0 Å². The molecule has 0 radical (unpaired) electrons. The topological polar surface area (TPSA) is 59.2 Å². The second-order valence-electron chi connectivity index (χ2n) is 5.54. The van der Waals surface area contributed by atoms with Crippen molar-refractivity contribution in [2.45, 2.75) is 65.3 Å². The van der Waals surface area contributed by atoms with Crippen LogP contribution in [0.1, 0.15) is 67.6 Å². The Balaban J connectivity index is 2.50. The van der Waals surface area contributed by atoms with Gasteiger partial charge in [0.15, 0.2) is 0 Å². The second-order valence-corrected chi connectivity index (χ2v) is 6.66. The maximum Gasteiger partial charge on any atom is 0.222 e. The van der Waals surface area contributed by atoms with Gasteiger partial charge in [0.2, 0.25) is 5.91 Å². The van der Waals surface area contributed by atoms with Gasteiger partial charge in [-0.25, -0.2) is 4.98 Å². The van der Waals surface area contributed by atoms with Crippen molar-refractivity contribution in [3.8, 4) is 0 Å². The van der Waals surface area contributed by atoms with E-state index >= 15 is 0 Å². The van der Waals surface area contributed by atoms with Crippen LogP contribution in [0.5, 0.6) is 0 Å². The summed E-state index contributed by atoms with van der Waals surface area (Å²) in [5.74, 6) is 0.223. The van der Waals surface area contributed by atoms with Gasteiger partial charge in [-0.15, -0.1) is 11.3 Å². The number of hydrogen-bond donors (Lipinski definition) is 1. The molecule has 1 aromatic rings. The number of carbonyl (C=O) groups excluding carboxylic acids is 1. The molecule has 0 spiro atoms. The molecule has 1 aromatic heterocycles. The van der Waals surface area contributed by atoms with Crippen LogP contribution in [-0.4, -0.2) is 29.4 Å². The molecule has 0 saturated heterocycles. The van der Waals surface area contributed by atoms with E-state index in [1.54, 1.807) is 11.3 Å². The molecule has 0 saturated carbocycles. The zero-order valence-electron chi connectivity index (χ0n) is 13.8. The first kappa shape index (κ1) is 18.1. The standard InChI is InChI=1S/C16H29N3OS/c1-5-14-18-12(2)16(21-14)13(3)19(4)15(20)10-8-6-7-9-11-17/h13H,5-11,17H2,1-4H3. The molecule has 0 aromatic carbocycles. The highest BCUT2D eigenvalue weighted by atomic mass is 32.1. The molecule has 1 amide bonds. The number of nitrogens with two attached hydrogens (primary N) is 1. The number of aryl methyl sites for hydroxylation is 2. The molecule has 0 bridgehead atoms. The fourth-order valence-corrected chi connectivity index (χ4v) is 3.45. The molecule has 1 atom stereocenters.